The highest BCUT2D eigenvalue weighted by Gasteiger charge is 2.15. The highest BCUT2D eigenvalue weighted by molar-refractivity contribution is 7.80. The molecule has 0 saturated heterocycles. The van der Waals surface area contributed by atoms with Gasteiger partial charge in [-0.25, -0.2) is 0 Å². The van der Waals surface area contributed by atoms with Crippen LogP contribution in [0.1, 0.15) is 27.2 Å². The average molecular weight is 232 g/mol. The molecule has 0 atom stereocenters. The molecule has 0 aromatic rings. The predicted octanol–water partition coefficient (Wildman–Crippen LogP) is 0.936. The van der Waals surface area contributed by atoms with Gasteiger partial charge < -0.3 is 15.4 Å². The molecule has 0 radical (unpaired) electrons. The van der Waals surface area contributed by atoms with Crippen LogP contribution < -0.4 is 5.73 Å². The van der Waals surface area contributed by atoms with E-state index in [1.54, 1.807) is 11.9 Å². The summed E-state index contributed by atoms with van der Waals surface area (Å²) in [6.45, 7) is 6.37. The van der Waals surface area contributed by atoms with E-state index in [-0.39, 0.29) is 18.1 Å². The van der Waals surface area contributed by atoms with Gasteiger partial charge in [0.25, 0.3) is 0 Å². The molecule has 0 aliphatic carbocycles. The van der Waals surface area contributed by atoms with Gasteiger partial charge in [0.15, 0.2) is 0 Å². The summed E-state index contributed by atoms with van der Waals surface area (Å²) in [4.78, 5) is 13.5. The Morgan fingerprint density at radius 2 is 2.00 bits per heavy atom. The molecule has 1 amide bonds. The van der Waals surface area contributed by atoms with Crippen LogP contribution in [0.3, 0.4) is 0 Å². The number of thiocarbonyl (C=S) groups is 1. The lowest BCUT2D eigenvalue weighted by Gasteiger charge is -2.22. The van der Waals surface area contributed by atoms with E-state index in [1.165, 1.54) is 0 Å². The van der Waals surface area contributed by atoms with Crippen molar-refractivity contribution in [3.63, 3.8) is 0 Å². The van der Waals surface area contributed by atoms with Gasteiger partial charge in [-0.15, -0.1) is 0 Å². The topological polar surface area (TPSA) is 55.6 Å². The van der Waals surface area contributed by atoms with Gasteiger partial charge in [-0.1, -0.05) is 12.2 Å². The number of likely N-dealkylation sites (N-methyl/N-ethyl adjacent to an activating group) is 1. The molecule has 0 aliphatic rings. The molecule has 0 aromatic heterocycles. The summed E-state index contributed by atoms with van der Waals surface area (Å²) in [5, 5.41) is 0. The molecule has 0 fully saturated rings. The molecule has 4 nitrogen and oxygen atoms in total. The standard InChI is InChI=1S/C10H20N2O2S/c1-10(2,3)14-7-9(13)12(4)6-5-8(11)15/h5-7H2,1-4H3,(H2,11,15). The lowest BCUT2D eigenvalue weighted by atomic mass is 10.2. The first kappa shape index (κ1) is 14.3. The number of nitrogens with zero attached hydrogens (tertiary/aromatic N) is 1. The fraction of sp³-hybridized carbons (Fsp3) is 0.800. The van der Waals surface area contributed by atoms with Gasteiger partial charge in [0.1, 0.15) is 6.61 Å². The maximum Gasteiger partial charge on any atom is 0.248 e. The Morgan fingerprint density at radius 3 is 2.40 bits per heavy atom. The molecule has 0 heterocycles. The van der Waals surface area contributed by atoms with Gasteiger partial charge in [0, 0.05) is 20.0 Å². The molecule has 0 aliphatic heterocycles. The van der Waals surface area contributed by atoms with E-state index in [1.807, 2.05) is 20.8 Å². The first-order valence-corrected chi connectivity index (χ1v) is 5.29. The monoisotopic (exact) mass is 232 g/mol. The highest BCUT2D eigenvalue weighted by atomic mass is 32.1. The van der Waals surface area contributed by atoms with E-state index in [0.717, 1.165) is 0 Å². The lowest BCUT2D eigenvalue weighted by molar-refractivity contribution is -0.139. The average Bonchev–Trinajstić information content (AvgIpc) is 2.08. The maximum atomic E-state index is 11.5. The Hall–Kier alpha value is -0.680. The summed E-state index contributed by atoms with van der Waals surface area (Å²) < 4.78 is 5.36. The van der Waals surface area contributed by atoms with E-state index < -0.39 is 0 Å². The van der Waals surface area contributed by atoms with Gasteiger partial charge in [-0.05, 0) is 20.8 Å². The Balaban J connectivity index is 3.84. The molecule has 0 rings (SSSR count). The number of hydrogen-bond donors (Lipinski definition) is 1. The summed E-state index contributed by atoms with van der Waals surface area (Å²) in [6, 6.07) is 0. The van der Waals surface area contributed by atoms with Gasteiger partial charge in [0.2, 0.25) is 5.91 Å². The van der Waals surface area contributed by atoms with Gasteiger partial charge in [0.05, 0.1) is 10.6 Å². The molecule has 0 unspecified atom stereocenters. The summed E-state index contributed by atoms with van der Waals surface area (Å²) in [6.07, 6.45) is 0.549. The Labute approximate surface area is 96.8 Å². The second-order valence-corrected chi connectivity index (χ2v) is 4.96. The molecule has 88 valence electrons. The van der Waals surface area contributed by atoms with Crippen LogP contribution in [-0.4, -0.2) is 41.6 Å². The minimum atomic E-state index is -0.292. The zero-order valence-corrected chi connectivity index (χ0v) is 10.7. The number of nitrogens with two attached hydrogens (primary N) is 1. The molecule has 0 bridgehead atoms. The van der Waals surface area contributed by atoms with E-state index >= 15 is 0 Å². The third kappa shape index (κ3) is 8.32. The third-order valence-electron chi connectivity index (χ3n) is 1.75. The van der Waals surface area contributed by atoms with Crippen molar-refractivity contribution in [2.24, 2.45) is 5.73 Å². The van der Waals surface area contributed by atoms with E-state index in [9.17, 15) is 4.79 Å². The van der Waals surface area contributed by atoms with Crippen molar-refractivity contribution in [2.75, 3.05) is 20.2 Å². The van der Waals surface area contributed by atoms with Crippen LogP contribution in [0.25, 0.3) is 0 Å². The van der Waals surface area contributed by atoms with Crippen molar-refractivity contribution in [1.29, 1.82) is 0 Å². The number of hydrogen-bond acceptors (Lipinski definition) is 3. The first-order chi connectivity index (χ1) is 6.72. The molecule has 0 spiro atoms. The number of ether oxygens (including phenoxy) is 1. The molecule has 15 heavy (non-hydrogen) atoms. The summed E-state index contributed by atoms with van der Waals surface area (Å²) in [5.41, 5.74) is 5.05. The molecule has 0 saturated carbocycles. The van der Waals surface area contributed by atoms with Gasteiger partial charge >= 0.3 is 0 Å². The van der Waals surface area contributed by atoms with Crippen LogP contribution in [-0.2, 0) is 9.53 Å². The van der Waals surface area contributed by atoms with E-state index in [2.05, 4.69) is 0 Å². The van der Waals surface area contributed by atoms with Crippen LogP contribution in [0.2, 0.25) is 0 Å². The zero-order valence-electron chi connectivity index (χ0n) is 9.87. The van der Waals surface area contributed by atoms with E-state index in [0.29, 0.717) is 18.0 Å². The van der Waals surface area contributed by atoms with Crippen LogP contribution in [0, 0.1) is 0 Å². The molecule has 0 aromatic carbocycles. The third-order valence-corrected chi connectivity index (χ3v) is 1.95. The van der Waals surface area contributed by atoms with Crippen molar-refractivity contribution < 1.29 is 9.53 Å². The smallest absolute Gasteiger partial charge is 0.248 e. The summed E-state index contributed by atoms with van der Waals surface area (Å²) >= 11 is 4.73. The maximum absolute atomic E-state index is 11.5. The van der Waals surface area contributed by atoms with E-state index in [4.69, 9.17) is 22.7 Å². The Morgan fingerprint density at radius 1 is 1.47 bits per heavy atom. The fourth-order valence-corrected chi connectivity index (χ4v) is 0.882. The van der Waals surface area contributed by atoms with Crippen molar-refractivity contribution in [1.82, 2.24) is 4.90 Å². The zero-order chi connectivity index (χ0) is 12.1. The Kier molecular flexibility index (Phi) is 5.75. The SMILES string of the molecule is CN(CCC(N)=S)C(=O)COC(C)(C)C. The quantitative estimate of drug-likeness (QED) is 0.717. The number of carbonyl (C=O) groups excluding carboxylic acids is 1. The lowest BCUT2D eigenvalue weighted by Crippen LogP contribution is -2.35. The molecule has 5 heteroatoms. The van der Waals surface area contributed by atoms with Crippen molar-refractivity contribution >= 4 is 23.1 Å². The minimum Gasteiger partial charge on any atom is -0.393 e. The molecular formula is C10H20N2O2S. The first-order valence-electron chi connectivity index (χ1n) is 4.88. The number of rotatable bonds is 5. The number of amides is 1. The van der Waals surface area contributed by atoms with Crippen LogP contribution >= 0.6 is 12.2 Å². The summed E-state index contributed by atoms with van der Waals surface area (Å²) in [7, 11) is 1.71. The molecular weight excluding hydrogens is 212 g/mol. The van der Waals surface area contributed by atoms with Crippen molar-refractivity contribution in [3.8, 4) is 0 Å². The number of carbonyl (C=O) groups is 1. The van der Waals surface area contributed by atoms with Crippen LogP contribution in [0.15, 0.2) is 0 Å². The second-order valence-electron chi connectivity index (χ2n) is 4.43. The second kappa shape index (κ2) is 6.02. The van der Waals surface area contributed by atoms with Gasteiger partial charge in [-0.3, -0.25) is 4.79 Å². The molecule has 2 N–H and O–H groups in total. The van der Waals surface area contributed by atoms with Crippen LogP contribution in [0.4, 0.5) is 0 Å². The van der Waals surface area contributed by atoms with Gasteiger partial charge in [-0.2, -0.15) is 0 Å². The fourth-order valence-electron chi connectivity index (χ4n) is 0.791. The highest BCUT2D eigenvalue weighted by Crippen LogP contribution is 2.06. The largest absolute Gasteiger partial charge is 0.393 e. The summed E-state index contributed by atoms with van der Waals surface area (Å²) in [5.74, 6) is -0.0545. The minimum absolute atomic E-state index is 0.0545. The Bertz CT molecular complexity index is 236. The van der Waals surface area contributed by atoms with Crippen molar-refractivity contribution in [3.05, 3.63) is 0 Å². The van der Waals surface area contributed by atoms with Crippen LogP contribution in [0.5, 0.6) is 0 Å². The normalized spacial score (nSPS) is 11.2. The predicted molar refractivity (Wildman–Crippen MR) is 64.7 cm³/mol. The van der Waals surface area contributed by atoms with Crippen molar-refractivity contribution in [2.45, 2.75) is 32.8 Å².